The predicted octanol–water partition coefficient (Wildman–Crippen LogP) is 7.12. The molecule has 4 heterocycles. The van der Waals surface area contributed by atoms with Gasteiger partial charge in [-0.1, -0.05) is 77.5 Å². The number of anilines is 2. The van der Waals surface area contributed by atoms with Crippen LogP contribution in [0.15, 0.2) is 94.1 Å². The average molecular weight is 604 g/mol. The second-order valence-corrected chi connectivity index (χ2v) is 12.4. The van der Waals surface area contributed by atoms with Crippen LogP contribution < -0.4 is 15.2 Å². The number of halogens is 1. The van der Waals surface area contributed by atoms with E-state index in [4.69, 9.17) is 21.0 Å². The molecule has 0 fully saturated rings. The van der Waals surface area contributed by atoms with Gasteiger partial charge in [0.15, 0.2) is 16.1 Å². The van der Waals surface area contributed by atoms with E-state index in [-0.39, 0.29) is 28.8 Å². The monoisotopic (exact) mass is 603 g/mol. The van der Waals surface area contributed by atoms with E-state index in [0.717, 1.165) is 26.9 Å². The number of para-hydroxylation sites is 1. The Kier molecular flexibility index (Phi) is 5.48. The number of aromatic nitrogens is 1. The minimum Gasteiger partial charge on any atom is -0.450 e. The van der Waals surface area contributed by atoms with Crippen molar-refractivity contribution in [3.63, 3.8) is 0 Å². The average Bonchev–Trinajstić information content (AvgIpc) is 3.60. The number of nitrogens with zero attached hydrogens (tertiary/aromatic N) is 3. The van der Waals surface area contributed by atoms with Gasteiger partial charge in [-0.05, 0) is 60.9 Å². The quantitative estimate of drug-likeness (QED) is 0.215. The highest BCUT2D eigenvalue weighted by Crippen LogP contribution is 2.55. The third kappa shape index (κ3) is 3.48. The molecule has 1 spiro atoms. The second-order valence-electron chi connectivity index (χ2n) is 10.9. The summed E-state index contributed by atoms with van der Waals surface area (Å²) in [6.07, 6.45) is 0. The van der Waals surface area contributed by atoms with Gasteiger partial charge in [0.25, 0.3) is 11.8 Å². The van der Waals surface area contributed by atoms with E-state index >= 15 is 4.79 Å². The molecule has 2 aliphatic heterocycles. The van der Waals surface area contributed by atoms with Crippen LogP contribution in [0.1, 0.15) is 38.4 Å². The molecule has 0 aliphatic carbocycles. The van der Waals surface area contributed by atoms with Crippen molar-refractivity contribution in [2.45, 2.75) is 25.9 Å². The first-order chi connectivity index (χ1) is 20.8. The Morgan fingerprint density at radius 1 is 0.930 bits per heavy atom. The summed E-state index contributed by atoms with van der Waals surface area (Å²) in [6, 6.07) is 25.6. The molecule has 8 rings (SSSR count). The Morgan fingerprint density at radius 3 is 2.51 bits per heavy atom. The zero-order valence-electron chi connectivity index (χ0n) is 23.1. The molecule has 43 heavy (non-hydrogen) atoms. The largest absolute Gasteiger partial charge is 0.450 e. The highest BCUT2D eigenvalue weighted by molar-refractivity contribution is 7.22. The van der Waals surface area contributed by atoms with E-state index in [1.165, 1.54) is 22.3 Å². The Morgan fingerprint density at radius 2 is 1.70 bits per heavy atom. The van der Waals surface area contributed by atoms with Crippen LogP contribution in [0, 0.1) is 13.8 Å². The van der Waals surface area contributed by atoms with Gasteiger partial charge in [-0.15, -0.1) is 0 Å². The van der Waals surface area contributed by atoms with Gasteiger partial charge in [-0.2, -0.15) is 0 Å². The maximum atomic E-state index is 15.1. The van der Waals surface area contributed by atoms with E-state index in [0.29, 0.717) is 21.4 Å². The molecule has 0 saturated carbocycles. The van der Waals surface area contributed by atoms with Crippen LogP contribution in [-0.4, -0.2) is 16.8 Å². The zero-order chi connectivity index (χ0) is 29.6. The smallest absolute Gasteiger partial charge is 0.297 e. The van der Waals surface area contributed by atoms with Crippen molar-refractivity contribution >= 4 is 66.8 Å². The molecule has 6 aromatic rings. The summed E-state index contributed by atoms with van der Waals surface area (Å²) in [7, 11) is 0. The molecular formula is C34H22ClN3O4S. The van der Waals surface area contributed by atoms with Crippen molar-refractivity contribution < 1.29 is 14.0 Å². The number of thiazole rings is 1. The number of fused-ring (bicyclic) bond motifs is 6. The molecule has 7 nitrogen and oxygen atoms in total. The number of amides is 2. The summed E-state index contributed by atoms with van der Waals surface area (Å²) in [5, 5.41) is 0.852. The lowest BCUT2D eigenvalue weighted by Crippen LogP contribution is -2.53. The number of aryl methyl sites for hydroxylation is 2. The molecule has 1 atom stereocenters. The molecule has 210 valence electrons. The summed E-state index contributed by atoms with van der Waals surface area (Å²) in [6.45, 7) is 4.22. The molecular weight excluding hydrogens is 582 g/mol. The SMILES string of the molecule is Cc1cc(C)c2nc(N3C(=O)c4oc5ccc(Cl)cc5c(=O)c4C34C(=O)N(Cc3ccccc3)c3ccccc34)sc2c1. The molecule has 0 bridgehead atoms. The standard InChI is InChI=1S/C34H22ClN3O4S/c1-18-14-19(2)28-26(15-18)43-33(36-28)38-31(40)30-27(29(39)22-16-21(35)12-13-25(22)42-30)34(38)23-10-6-7-11-24(23)37(32(34)41)17-20-8-4-3-5-9-20/h3-16H,17H2,1-2H3. The molecule has 9 heteroatoms. The van der Waals surface area contributed by atoms with E-state index in [2.05, 4.69) is 0 Å². The van der Waals surface area contributed by atoms with Gasteiger partial charge in [0, 0.05) is 10.6 Å². The first-order valence-corrected chi connectivity index (χ1v) is 14.9. The maximum absolute atomic E-state index is 15.1. The molecule has 2 aromatic heterocycles. The Balaban J connectivity index is 1.47. The second kappa shape index (κ2) is 9.10. The van der Waals surface area contributed by atoms with Crippen molar-refractivity contribution in [3.05, 3.63) is 134 Å². The van der Waals surface area contributed by atoms with Crippen LogP contribution in [0.25, 0.3) is 21.2 Å². The van der Waals surface area contributed by atoms with Gasteiger partial charge in [0.2, 0.25) is 5.76 Å². The Bertz CT molecular complexity index is 2240. The third-order valence-corrected chi connectivity index (χ3v) is 9.50. The van der Waals surface area contributed by atoms with E-state index in [1.807, 2.05) is 74.5 Å². The first kappa shape index (κ1) is 25.9. The predicted molar refractivity (Wildman–Crippen MR) is 168 cm³/mol. The van der Waals surface area contributed by atoms with Crippen molar-refractivity contribution in [3.8, 4) is 0 Å². The van der Waals surface area contributed by atoms with Crippen LogP contribution in [0.4, 0.5) is 10.8 Å². The lowest BCUT2D eigenvalue weighted by atomic mass is 9.84. The van der Waals surface area contributed by atoms with Gasteiger partial charge >= 0.3 is 0 Å². The molecule has 4 aromatic carbocycles. The number of rotatable bonds is 3. The molecule has 2 amide bonds. The van der Waals surface area contributed by atoms with Crippen molar-refractivity contribution in [1.82, 2.24) is 4.98 Å². The molecule has 0 N–H and O–H groups in total. The normalized spacial score (nSPS) is 17.5. The van der Waals surface area contributed by atoms with Crippen LogP contribution in [0.3, 0.4) is 0 Å². The van der Waals surface area contributed by atoms with E-state index < -0.39 is 22.8 Å². The van der Waals surface area contributed by atoms with Gasteiger partial charge in [0.1, 0.15) is 5.58 Å². The van der Waals surface area contributed by atoms with E-state index in [1.54, 1.807) is 23.1 Å². The first-order valence-electron chi connectivity index (χ1n) is 13.7. The van der Waals surface area contributed by atoms with Crippen molar-refractivity contribution in [1.29, 1.82) is 0 Å². The number of hydrogen-bond donors (Lipinski definition) is 0. The fourth-order valence-electron chi connectivity index (χ4n) is 6.51. The lowest BCUT2D eigenvalue weighted by Gasteiger charge is -2.32. The molecule has 1 unspecified atom stereocenters. The highest BCUT2D eigenvalue weighted by Gasteiger charge is 2.66. The van der Waals surface area contributed by atoms with Crippen molar-refractivity contribution in [2.75, 3.05) is 9.80 Å². The van der Waals surface area contributed by atoms with E-state index in [9.17, 15) is 9.59 Å². The lowest BCUT2D eigenvalue weighted by molar-refractivity contribution is -0.121. The molecule has 2 aliphatic rings. The molecule has 0 radical (unpaired) electrons. The minimum atomic E-state index is -1.83. The summed E-state index contributed by atoms with van der Waals surface area (Å²) in [5.74, 6) is -1.19. The topological polar surface area (TPSA) is 83.7 Å². The van der Waals surface area contributed by atoms with Gasteiger partial charge in [-0.25, -0.2) is 4.98 Å². The van der Waals surface area contributed by atoms with Gasteiger partial charge in [-0.3, -0.25) is 19.3 Å². The Hall–Kier alpha value is -4.79. The van der Waals surface area contributed by atoms with Crippen LogP contribution in [0.5, 0.6) is 0 Å². The van der Waals surface area contributed by atoms with Crippen LogP contribution >= 0.6 is 22.9 Å². The number of carbonyl (C=O) groups is 2. The van der Waals surface area contributed by atoms with Gasteiger partial charge in [0.05, 0.1) is 33.4 Å². The fraction of sp³-hybridized carbons (Fsp3) is 0.118. The van der Waals surface area contributed by atoms with Gasteiger partial charge < -0.3 is 9.32 Å². The number of hydrogen-bond acceptors (Lipinski definition) is 6. The maximum Gasteiger partial charge on any atom is 0.297 e. The Labute approximate surface area is 254 Å². The zero-order valence-corrected chi connectivity index (χ0v) is 24.6. The van der Waals surface area contributed by atoms with Crippen molar-refractivity contribution in [2.24, 2.45) is 0 Å². The minimum absolute atomic E-state index is 0.0209. The summed E-state index contributed by atoms with van der Waals surface area (Å²) in [5.41, 5.74) is 2.67. The molecule has 0 saturated heterocycles. The van der Waals surface area contributed by atoms with Crippen LogP contribution in [-0.2, 0) is 16.9 Å². The summed E-state index contributed by atoms with van der Waals surface area (Å²) in [4.78, 5) is 52.0. The fourth-order valence-corrected chi connectivity index (χ4v) is 7.88. The highest BCUT2D eigenvalue weighted by atomic mass is 35.5. The third-order valence-electron chi connectivity index (χ3n) is 8.28. The summed E-state index contributed by atoms with van der Waals surface area (Å²) >= 11 is 7.61. The number of benzene rings is 4. The van der Waals surface area contributed by atoms with Crippen LogP contribution in [0.2, 0.25) is 5.02 Å². The number of carbonyl (C=O) groups excluding carboxylic acids is 2. The summed E-state index contributed by atoms with van der Waals surface area (Å²) < 4.78 is 7.06.